The van der Waals surface area contributed by atoms with Crippen LogP contribution in [0.5, 0.6) is 0 Å². The number of benzene rings is 1. The molecular weight excluding hydrogens is 234 g/mol. The average Bonchev–Trinajstić information content (AvgIpc) is 2.36. The van der Waals surface area contributed by atoms with Crippen molar-refractivity contribution in [2.24, 2.45) is 10.9 Å². The lowest BCUT2D eigenvalue weighted by Gasteiger charge is -2.17. The summed E-state index contributed by atoms with van der Waals surface area (Å²) in [6.45, 7) is 1.82. The van der Waals surface area contributed by atoms with Crippen molar-refractivity contribution in [3.8, 4) is 0 Å². The summed E-state index contributed by atoms with van der Waals surface area (Å²) in [6.07, 6.45) is 2.10. The zero-order valence-corrected chi connectivity index (χ0v) is 11.1. The zero-order valence-electron chi connectivity index (χ0n) is 10.3. The molecule has 0 unspecified atom stereocenters. The molecule has 0 fully saturated rings. The van der Waals surface area contributed by atoms with Crippen molar-refractivity contribution >= 4 is 17.6 Å². The second-order valence-corrected chi connectivity index (χ2v) is 4.86. The first-order chi connectivity index (χ1) is 8.19. The van der Waals surface area contributed by atoms with Crippen LogP contribution < -0.4 is 5.73 Å². The van der Waals surface area contributed by atoms with Gasteiger partial charge in [-0.15, -0.1) is 0 Å². The molecule has 0 saturated heterocycles. The van der Waals surface area contributed by atoms with E-state index in [4.69, 9.17) is 10.9 Å². The van der Waals surface area contributed by atoms with E-state index in [-0.39, 0.29) is 5.84 Å². The summed E-state index contributed by atoms with van der Waals surface area (Å²) in [5.74, 6) is 1.27. The third kappa shape index (κ3) is 4.28. The second kappa shape index (κ2) is 7.19. The molecule has 1 aromatic rings. The monoisotopic (exact) mass is 253 g/mol. The molecule has 0 atom stereocenters. The quantitative estimate of drug-likeness (QED) is 0.350. The van der Waals surface area contributed by atoms with Crippen LogP contribution in [0.25, 0.3) is 0 Å². The first kappa shape index (κ1) is 13.9. The van der Waals surface area contributed by atoms with E-state index in [2.05, 4.69) is 23.4 Å². The number of nitrogens with two attached hydrogens (primary N) is 1. The van der Waals surface area contributed by atoms with Crippen molar-refractivity contribution in [2.45, 2.75) is 6.54 Å². The van der Waals surface area contributed by atoms with Crippen molar-refractivity contribution in [1.82, 2.24) is 4.90 Å². The van der Waals surface area contributed by atoms with Gasteiger partial charge in [0.25, 0.3) is 0 Å². The highest BCUT2D eigenvalue weighted by molar-refractivity contribution is 7.98. The van der Waals surface area contributed by atoms with Crippen LogP contribution in [-0.4, -0.2) is 41.5 Å². The lowest BCUT2D eigenvalue weighted by atomic mass is 10.1. The Morgan fingerprint density at radius 2 is 2.18 bits per heavy atom. The standard InChI is InChI=1S/C12H19N3OS/c1-15(7-8-17-2)9-10-5-3-4-6-11(10)12(13)14-16/h3-6,16H,7-9H2,1-2H3,(H2,13,14). The molecule has 0 heterocycles. The molecule has 1 rings (SSSR count). The molecule has 0 aliphatic carbocycles. The highest BCUT2D eigenvalue weighted by atomic mass is 32.2. The van der Waals surface area contributed by atoms with Gasteiger partial charge in [-0.1, -0.05) is 29.4 Å². The van der Waals surface area contributed by atoms with Gasteiger partial charge in [-0.3, -0.25) is 0 Å². The highest BCUT2D eigenvalue weighted by Gasteiger charge is 2.08. The predicted octanol–water partition coefficient (Wildman–Crippen LogP) is 1.58. The Balaban J connectivity index is 2.76. The van der Waals surface area contributed by atoms with Gasteiger partial charge in [0, 0.05) is 24.4 Å². The molecule has 0 spiro atoms. The van der Waals surface area contributed by atoms with Crippen LogP contribution in [0.1, 0.15) is 11.1 Å². The van der Waals surface area contributed by atoms with Crippen molar-refractivity contribution in [2.75, 3.05) is 25.6 Å². The molecule has 0 aliphatic rings. The maximum absolute atomic E-state index is 8.73. The predicted molar refractivity (Wildman–Crippen MR) is 73.7 cm³/mol. The Bertz CT molecular complexity index is 382. The van der Waals surface area contributed by atoms with Gasteiger partial charge in [-0.25, -0.2) is 0 Å². The molecule has 0 radical (unpaired) electrons. The third-order valence-corrected chi connectivity index (χ3v) is 3.11. The number of amidine groups is 1. The van der Waals surface area contributed by atoms with Crippen LogP contribution in [0.4, 0.5) is 0 Å². The van der Waals surface area contributed by atoms with Gasteiger partial charge in [0.1, 0.15) is 0 Å². The molecule has 17 heavy (non-hydrogen) atoms. The number of rotatable bonds is 6. The number of oxime groups is 1. The minimum Gasteiger partial charge on any atom is -0.409 e. The SMILES string of the molecule is CSCCN(C)Cc1ccccc1/C(N)=N/O. The minimum atomic E-state index is 0.166. The van der Waals surface area contributed by atoms with Crippen LogP contribution in [0.3, 0.4) is 0 Å². The number of hydrogen-bond donors (Lipinski definition) is 2. The molecule has 0 aliphatic heterocycles. The van der Waals surface area contributed by atoms with Gasteiger partial charge in [0.2, 0.25) is 0 Å². The topological polar surface area (TPSA) is 61.8 Å². The van der Waals surface area contributed by atoms with E-state index in [9.17, 15) is 0 Å². The Morgan fingerprint density at radius 3 is 2.82 bits per heavy atom. The van der Waals surface area contributed by atoms with E-state index in [0.717, 1.165) is 30.0 Å². The van der Waals surface area contributed by atoms with Crippen molar-refractivity contribution < 1.29 is 5.21 Å². The summed E-state index contributed by atoms with van der Waals surface area (Å²) in [5, 5.41) is 11.8. The summed E-state index contributed by atoms with van der Waals surface area (Å²) < 4.78 is 0. The van der Waals surface area contributed by atoms with Crippen LogP contribution in [0.15, 0.2) is 29.4 Å². The summed E-state index contributed by atoms with van der Waals surface area (Å²) >= 11 is 1.83. The zero-order chi connectivity index (χ0) is 12.7. The molecule has 4 nitrogen and oxygen atoms in total. The van der Waals surface area contributed by atoms with Crippen molar-refractivity contribution in [3.63, 3.8) is 0 Å². The summed E-state index contributed by atoms with van der Waals surface area (Å²) in [4.78, 5) is 2.22. The molecule has 5 heteroatoms. The van der Waals surface area contributed by atoms with E-state index in [1.807, 2.05) is 36.0 Å². The number of thioether (sulfide) groups is 1. The van der Waals surface area contributed by atoms with E-state index < -0.39 is 0 Å². The van der Waals surface area contributed by atoms with Gasteiger partial charge >= 0.3 is 0 Å². The normalized spacial score (nSPS) is 12.1. The molecule has 3 N–H and O–H groups in total. The first-order valence-corrected chi connectivity index (χ1v) is 6.81. The van der Waals surface area contributed by atoms with Gasteiger partial charge in [0.15, 0.2) is 5.84 Å². The number of nitrogens with zero attached hydrogens (tertiary/aromatic N) is 2. The van der Waals surface area contributed by atoms with E-state index in [0.29, 0.717) is 0 Å². The van der Waals surface area contributed by atoms with Crippen LogP contribution in [0, 0.1) is 0 Å². The lowest BCUT2D eigenvalue weighted by Crippen LogP contribution is -2.23. The van der Waals surface area contributed by atoms with E-state index in [1.165, 1.54) is 0 Å². The maximum atomic E-state index is 8.73. The summed E-state index contributed by atoms with van der Waals surface area (Å²) in [5.41, 5.74) is 7.52. The fourth-order valence-electron chi connectivity index (χ4n) is 1.58. The fourth-order valence-corrected chi connectivity index (χ4v) is 2.07. The van der Waals surface area contributed by atoms with E-state index in [1.54, 1.807) is 0 Å². The van der Waals surface area contributed by atoms with Gasteiger partial charge in [-0.05, 0) is 18.9 Å². The Kier molecular flexibility index (Phi) is 5.86. The Hall–Kier alpha value is -1.20. The smallest absolute Gasteiger partial charge is 0.170 e. The molecule has 1 aromatic carbocycles. The second-order valence-electron chi connectivity index (χ2n) is 3.87. The third-order valence-electron chi connectivity index (χ3n) is 2.52. The minimum absolute atomic E-state index is 0.166. The maximum Gasteiger partial charge on any atom is 0.170 e. The largest absolute Gasteiger partial charge is 0.409 e. The van der Waals surface area contributed by atoms with Gasteiger partial charge in [0.05, 0.1) is 0 Å². The fraction of sp³-hybridized carbons (Fsp3) is 0.417. The Labute approximate surface area is 106 Å². The van der Waals surface area contributed by atoms with E-state index >= 15 is 0 Å². The molecule has 0 amide bonds. The summed E-state index contributed by atoms with van der Waals surface area (Å²) in [6, 6.07) is 7.72. The van der Waals surface area contributed by atoms with Crippen molar-refractivity contribution in [1.29, 1.82) is 0 Å². The highest BCUT2D eigenvalue weighted by Crippen LogP contribution is 2.11. The molecule has 0 saturated carbocycles. The van der Waals surface area contributed by atoms with Gasteiger partial charge < -0.3 is 15.8 Å². The van der Waals surface area contributed by atoms with Crippen LogP contribution in [0.2, 0.25) is 0 Å². The number of hydrogen-bond acceptors (Lipinski definition) is 4. The van der Waals surface area contributed by atoms with Crippen LogP contribution >= 0.6 is 11.8 Å². The Morgan fingerprint density at radius 1 is 1.47 bits per heavy atom. The molecule has 94 valence electrons. The van der Waals surface area contributed by atoms with Crippen LogP contribution in [-0.2, 0) is 6.54 Å². The first-order valence-electron chi connectivity index (χ1n) is 5.42. The molecule has 0 bridgehead atoms. The molecule has 0 aromatic heterocycles. The average molecular weight is 253 g/mol. The lowest BCUT2D eigenvalue weighted by molar-refractivity contribution is 0.318. The summed E-state index contributed by atoms with van der Waals surface area (Å²) in [7, 11) is 2.07. The molecular formula is C12H19N3OS. The van der Waals surface area contributed by atoms with Crippen molar-refractivity contribution in [3.05, 3.63) is 35.4 Å². The van der Waals surface area contributed by atoms with Gasteiger partial charge in [-0.2, -0.15) is 11.8 Å².